The molecule has 16 heavy (non-hydrogen) atoms. The number of aryl methyl sites for hydroxylation is 1. The van der Waals surface area contributed by atoms with Crippen molar-refractivity contribution in [3.05, 3.63) is 29.8 Å². The van der Waals surface area contributed by atoms with Gasteiger partial charge in [0, 0.05) is 23.2 Å². The summed E-state index contributed by atoms with van der Waals surface area (Å²) in [5.41, 5.74) is 1.27. The van der Waals surface area contributed by atoms with Gasteiger partial charge in [-0.2, -0.15) is 0 Å². The fraction of sp³-hybridized carbons (Fsp3) is 0.538. The van der Waals surface area contributed by atoms with Gasteiger partial charge >= 0.3 is 0 Å². The molecule has 0 amide bonds. The number of hydrogen-bond donors (Lipinski definition) is 2. The number of hydrogen-bond acceptors (Lipinski definition) is 3. The van der Waals surface area contributed by atoms with E-state index in [0.717, 1.165) is 5.75 Å². The summed E-state index contributed by atoms with van der Waals surface area (Å²) in [6.07, 6.45) is -0.284. The lowest BCUT2D eigenvalue weighted by Crippen LogP contribution is -2.33. The number of thioether (sulfide) groups is 1. The van der Waals surface area contributed by atoms with E-state index in [1.807, 2.05) is 0 Å². The largest absolute Gasteiger partial charge is 0.391 e. The maximum atomic E-state index is 9.73. The molecule has 1 rings (SSSR count). The first kappa shape index (κ1) is 13.6. The Morgan fingerprint density at radius 1 is 1.25 bits per heavy atom. The highest BCUT2D eigenvalue weighted by atomic mass is 32.2. The van der Waals surface area contributed by atoms with E-state index in [1.54, 1.807) is 11.8 Å². The summed E-state index contributed by atoms with van der Waals surface area (Å²) < 4.78 is 0. The quantitative estimate of drug-likeness (QED) is 0.748. The summed E-state index contributed by atoms with van der Waals surface area (Å²) in [5.74, 6) is 0.739. The third-order valence-corrected chi connectivity index (χ3v) is 3.38. The fourth-order valence-electron chi connectivity index (χ4n) is 1.26. The van der Waals surface area contributed by atoms with Gasteiger partial charge in [-0.25, -0.2) is 0 Å². The van der Waals surface area contributed by atoms with Crippen molar-refractivity contribution in [3.63, 3.8) is 0 Å². The zero-order chi connectivity index (χ0) is 12.0. The van der Waals surface area contributed by atoms with E-state index >= 15 is 0 Å². The molecule has 0 radical (unpaired) electrons. The molecule has 0 saturated carbocycles. The summed E-state index contributed by atoms with van der Waals surface area (Å²) in [6.45, 7) is 6.91. The number of aliphatic hydroxyl groups excluding tert-OH is 1. The molecule has 0 fully saturated rings. The highest BCUT2D eigenvalue weighted by molar-refractivity contribution is 7.99. The molecule has 0 saturated heterocycles. The van der Waals surface area contributed by atoms with Crippen molar-refractivity contribution < 1.29 is 5.11 Å². The first-order valence-corrected chi connectivity index (χ1v) is 6.67. The van der Waals surface area contributed by atoms with E-state index in [-0.39, 0.29) is 6.10 Å². The van der Waals surface area contributed by atoms with E-state index in [9.17, 15) is 5.11 Å². The van der Waals surface area contributed by atoms with Crippen LogP contribution < -0.4 is 5.32 Å². The Hall–Kier alpha value is -0.510. The van der Waals surface area contributed by atoms with Gasteiger partial charge in [0.15, 0.2) is 0 Å². The van der Waals surface area contributed by atoms with Crippen LogP contribution in [-0.2, 0) is 0 Å². The van der Waals surface area contributed by atoms with E-state index in [4.69, 9.17) is 0 Å². The van der Waals surface area contributed by atoms with Gasteiger partial charge in [0.2, 0.25) is 0 Å². The summed E-state index contributed by atoms with van der Waals surface area (Å²) >= 11 is 1.70. The van der Waals surface area contributed by atoms with Gasteiger partial charge < -0.3 is 10.4 Å². The van der Waals surface area contributed by atoms with Crippen LogP contribution in [0.1, 0.15) is 19.4 Å². The maximum Gasteiger partial charge on any atom is 0.0758 e. The minimum absolute atomic E-state index is 0.284. The molecule has 2 nitrogen and oxygen atoms in total. The van der Waals surface area contributed by atoms with Crippen LogP contribution in [0.5, 0.6) is 0 Å². The third-order valence-electron chi connectivity index (χ3n) is 2.23. The fourth-order valence-corrected chi connectivity index (χ4v) is 2.09. The molecule has 1 atom stereocenters. The Balaban J connectivity index is 2.26. The van der Waals surface area contributed by atoms with Crippen molar-refractivity contribution >= 4 is 11.8 Å². The van der Waals surface area contributed by atoms with Crippen LogP contribution >= 0.6 is 11.8 Å². The zero-order valence-electron chi connectivity index (χ0n) is 10.2. The average molecular weight is 239 g/mol. The molecule has 0 aliphatic heterocycles. The van der Waals surface area contributed by atoms with Gasteiger partial charge in [-0.05, 0) is 19.1 Å². The number of rotatable bonds is 6. The lowest BCUT2D eigenvalue weighted by atomic mass is 10.2. The van der Waals surface area contributed by atoms with E-state index in [1.165, 1.54) is 10.5 Å². The van der Waals surface area contributed by atoms with E-state index in [2.05, 4.69) is 50.4 Å². The number of benzene rings is 1. The van der Waals surface area contributed by atoms with Gasteiger partial charge in [-0.1, -0.05) is 31.5 Å². The van der Waals surface area contributed by atoms with Gasteiger partial charge in [0.1, 0.15) is 0 Å². The predicted molar refractivity (Wildman–Crippen MR) is 71.0 cm³/mol. The second kappa shape index (κ2) is 6.94. The lowest BCUT2D eigenvalue weighted by molar-refractivity contribution is 0.192. The number of nitrogens with one attached hydrogen (secondary N) is 1. The zero-order valence-corrected chi connectivity index (χ0v) is 11.1. The maximum absolute atomic E-state index is 9.73. The third kappa shape index (κ3) is 5.54. The molecule has 1 aromatic carbocycles. The smallest absolute Gasteiger partial charge is 0.0758 e. The molecule has 0 aliphatic rings. The first-order chi connectivity index (χ1) is 7.58. The van der Waals surface area contributed by atoms with E-state index < -0.39 is 0 Å². The summed E-state index contributed by atoms with van der Waals surface area (Å²) in [4.78, 5) is 1.22. The summed E-state index contributed by atoms with van der Waals surface area (Å²) in [6, 6.07) is 8.83. The van der Waals surface area contributed by atoms with Gasteiger partial charge in [0.05, 0.1) is 6.10 Å². The lowest BCUT2D eigenvalue weighted by Gasteiger charge is -2.13. The van der Waals surface area contributed by atoms with Gasteiger partial charge in [-0.15, -0.1) is 11.8 Å². The van der Waals surface area contributed by atoms with Crippen molar-refractivity contribution in [3.8, 4) is 0 Å². The molecular formula is C13H21NOS. The molecule has 0 aliphatic carbocycles. The second-order valence-corrected chi connectivity index (χ2v) is 5.43. The summed E-state index contributed by atoms with van der Waals surface area (Å²) in [5, 5.41) is 13.0. The van der Waals surface area contributed by atoms with Crippen molar-refractivity contribution in [2.45, 2.75) is 37.8 Å². The van der Waals surface area contributed by atoms with Crippen molar-refractivity contribution in [1.82, 2.24) is 5.32 Å². The Kier molecular flexibility index (Phi) is 5.88. The van der Waals surface area contributed by atoms with Crippen LogP contribution in [0.3, 0.4) is 0 Å². The summed E-state index contributed by atoms with van der Waals surface area (Å²) in [7, 11) is 0. The molecular weight excluding hydrogens is 218 g/mol. The molecule has 0 spiro atoms. The Morgan fingerprint density at radius 3 is 2.44 bits per heavy atom. The topological polar surface area (TPSA) is 32.3 Å². The van der Waals surface area contributed by atoms with Crippen molar-refractivity contribution in [1.29, 1.82) is 0 Å². The van der Waals surface area contributed by atoms with Crippen LogP contribution in [0.25, 0.3) is 0 Å². The molecule has 0 bridgehead atoms. The average Bonchev–Trinajstić information content (AvgIpc) is 2.25. The normalized spacial score (nSPS) is 13.1. The molecule has 2 N–H and O–H groups in total. The molecule has 3 heteroatoms. The molecule has 0 aromatic heterocycles. The molecule has 90 valence electrons. The van der Waals surface area contributed by atoms with Crippen molar-refractivity contribution in [2.75, 3.05) is 12.3 Å². The molecule has 1 aromatic rings. The molecule has 1 unspecified atom stereocenters. The minimum Gasteiger partial charge on any atom is -0.391 e. The first-order valence-electron chi connectivity index (χ1n) is 5.69. The van der Waals surface area contributed by atoms with Crippen molar-refractivity contribution in [2.24, 2.45) is 0 Å². The van der Waals surface area contributed by atoms with Crippen LogP contribution in [0.2, 0.25) is 0 Å². The SMILES string of the molecule is Cc1ccc(SCC(O)CNC(C)C)cc1. The van der Waals surface area contributed by atoms with Crippen LogP contribution in [-0.4, -0.2) is 29.5 Å². The monoisotopic (exact) mass is 239 g/mol. The minimum atomic E-state index is -0.284. The Labute approximate surface area is 102 Å². The Bertz CT molecular complexity index is 297. The van der Waals surface area contributed by atoms with Crippen LogP contribution in [0.4, 0.5) is 0 Å². The standard InChI is InChI=1S/C13H21NOS/c1-10(2)14-8-12(15)9-16-13-6-4-11(3)5-7-13/h4-7,10,12,14-15H,8-9H2,1-3H3. The van der Waals surface area contributed by atoms with E-state index in [0.29, 0.717) is 12.6 Å². The highest BCUT2D eigenvalue weighted by Crippen LogP contribution is 2.18. The predicted octanol–water partition coefficient (Wildman–Crippen LogP) is 2.45. The van der Waals surface area contributed by atoms with Crippen LogP contribution in [0, 0.1) is 6.92 Å². The van der Waals surface area contributed by atoms with Gasteiger partial charge in [-0.3, -0.25) is 0 Å². The molecule has 0 heterocycles. The Morgan fingerprint density at radius 2 is 1.88 bits per heavy atom. The highest BCUT2D eigenvalue weighted by Gasteiger charge is 2.05. The number of aliphatic hydroxyl groups is 1. The van der Waals surface area contributed by atoms with Gasteiger partial charge in [0.25, 0.3) is 0 Å². The second-order valence-electron chi connectivity index (χ2n) is 4.34. The van der Waals surface area contributed by atoms with Crippen LogP contribution in [0.15, 0.2) is 29.2 Å².